The van der Waals surface area contributed by atoms with Crippen LogP contribution in [0.1, 0.15) is 17.5 Å². The van der Waals surface area contributed by atoms with E-state index in [1.165, 1.54) is 24.3 Å². The van der Waals surface area contributed by atoms with Gasteiger partial charge in [-0.05, 0) is 42.8 Å². The summed E-state index contributed by atoms with van der Waals surface area (Å²) in [7, 11) is 0. The Labute approximate surface area is 155 Å². The highest BCUT2D eigenvalue weighted by Gasteiger charge is 2.62. The molecule has 1 N–H and O–H groups in total. The lowest BCUT2D eigenvalue weighted by atomic mass is 9.85. The number of nitriles is 1. The molecule has 1 aliphatic rings. The highest BCUT2D eigenvalue weighted by atomic mass is 19.4. The first-order valence-electron chi connectivity index (χ1n) is 8.49. The molecule has 0 spiro atoms. The van der Waals surface area contributed by atoms with Crippen LogP contribution in [0, 0.1) is 16.7 Å². The molecule has 0 saturated carbocycles. The molecule has 2 aromatic carbocycles. The predicted molar refractivity (Wildman–Crippen MR) is 94.6 cm³/mol. The molecule has 140 valence electrons. The van der Waals surface area contributed by atoms with Crippen LogP contribution in [0.5, 0.6) is 0 Å². The normalized spacial score (nSPS) is 20.2. The Morgan fingerprint density at radius 3 is 2.41 bits per heavy atom. The van der Waals surface area contributed by atoms with Crippen LogP contribution in [0.2, 0.25) is 0 Å². The summed E-state index contributed by atoms with van der Waals surface area (Å²) in [6, 6.07) is 16.9. The van der Waals surface area contributed by atoms with Gasteiger partial charge in [0, 0.05) is 18.8 Å². The van der Waals surface area contributed by atoms with E-state index in [2.05, 4.69) is 5.32 Å². The van der Waals surface area contributed by atoms with E-state index in [-0.39, 0.29) is 25.2 Å². The molecule has 3 rings (SSSR count). The van der Waals surface area contributed by atoms with E-state index in [4.69, 9.17) is 5.26 Å². The predicted octanol–water partition coefficient (Wildman–Crippen LogP) is 3.95. The van der Waals surface area contributed by atoms with E-state index < -0.39 is 17.5 Å². The number of likely N-dealkylation sites (tertiary alicyclic amines) is 1. The van der Waals surface area contributed by atoms with E-state index in [1.54, 1.807) is 4.90 Å². The van der Waals surface area contributed by atoms with Crippen molar-refractivity contribution in [2.45, 2.75) is 19.1 Å². The minimum Gasteiger partial charge on any atom is -0.325 e. The van der Waals surface area contributed by atoms with Gasteiger partial charge in [-0.2, -0.15) is 18.4 Å². The zero-order valence-electron chi connectivity index (χ0n) is 14.5. The van der Waals surface area contributed by atoms with Gasteiger partial charge in [-0.15, -0.1) is 0 Å². The van der Waals surface area contributed by atoms with Crippen molar-refractivity contribution in [3.05, 3.63) is 65.7 Å². The Hall–Kier alpha value is -2.85. The first-order chi connectivity index (χ1) is 12.8. The summed E-state index contributed by atoms with van der Waals surface area (Å²) < 4.78 is 41.6. The van der Waals surface area contributed by atoms with Crippen molar-refractivity contribution < 1.29 is 18.0 Å². The van der Waals surface area contributed by atoms with Crippen molar-refractivity contribution in [3.8, 4) is 6.07 Å². The lowest BCUT2D eigenvalue weighted by molar-refractivity contribution is -0.215. The van der Waals surface area contributed by atoms with E-state index >= 15 is 0 Å². The molecule has 1 fully saturated rings. The largest absolute Gasteiger partial charge is 0.404 e. The van der Waals surface area contributed by atoms with Gasteiger partial charge in [0.15, 0.2) is 5.41 Å². The topological polar surface area (TPSA) is 56.1 Å². The van der Waals surface area contributed by atoms with Crippen LogP contribution in [0.15, 0.2) is 54.6 Å². The van der Waals surface area contributed by atoms with Gasteiger partial charge in [0.05, 0.1) is 11.6 Å². The Morgan fingerprint density at radius 2 is 1.81 bits per heavy atom. The molecular formula is C20H18F3N3O. The third kappa shape index (κ3) is 3.96. The number of hydrogen-bond donors (Lipinski definition) is 1. The zero-order chi connectivity index (χ0) is 19.5. The quantitative estimate of drug-likeness (QED) is 0.883. The van der Waals surface area contributed by atoms with Gasteiger partial charge < -0.3 is 5.32 Å². The smallest absolute Gasteiger partial charge is 0.325 e. The van der Waals surface area contributed by atoms with Crippen LogP contribution in [0.25, 0.3) is 0 Å². The maximum absolute atomic E-state index is 13.9. The molecule has 1 amide bonds. The number of alkyl halides is 3. The van der Waals surface area contributed by atoms with Crippen molar-refractivity contribution in [1.82, 2.24) is 4.90 Å². The number of halogens is 3. The van der Waals surface area contributed by atoms with Crippen molar-refractivity contribution in [2.75, 3.05) is 18.4 Å². The van der Waals surface area contributed by atoms with Crippen LogP contribution in [-0.4, -0.2) is 30.1 Å². The van der Waals surface area contributed by atoms with Gasteiger partial charge >= 0.3 is 6.18 Å². The number of rotatable bonds is 4. The summed E-state index contributed by atoms with van der Waals surface area (Å²) in [5.41, 5.74) is -0.934. The monoisotopic (exact) mass is 373 g/mol. The van der Waals surface area contributed by atoms with Crippen molar-refractivity contribution in [3.63, 3.8) is 0 Å². The average Bonchev–Trinajstić information content (AvgIpc) is 3.08. The molecule has 27 heavy (non-hydrogen) atoms. The standard InChI is InChI=1S/C20H18F3N3O/c21-20(22,23)19(18(27)25-17-8-6-15(12-24)7-9-17)10-11-26(14-19)13-16-4-2-1-3-5-16/h1-9H,10-11,13-14H2,(H,25,27)/t19-/m1/s1. The highest BCUT2D eigenvalue weighted by Crippen LogP contribution is 2.46. The summed E-state index contributed by atoms with van der Waals surface area (Å²) in [4.78, 5) is 14.3. The first kappa shape index (κ1) is 18.9. The molecule has 0 aliphatic carbocycles. The molecule has 2 aromatic rings. The summed E-state index contributed by atoms with van der Waals surface area (Å²) in [5.74, 6) is -1.06. The fourth-order valence-electron chi connectivity index (χ4n) is 3.29. The van der Waals surface area contributed by atoms with Gasteiger partial charge in [-0.25, -0.2) is 0 Å². The third-order valence-corrected chi connectivity index (χ3v) is 4.85. The number of amides is 1. The molecule has 1 atom stereocenters. The fourth-order valence-corrected chi connectivity index (χ4v) is 3.29. The summed E-state index contributed by atoms with van der Waals surface area (Å²) in [6.45, 7) is 0.172. The van der Waals surface area contributed by atoms with Crippen LogP contribution >= 0.6 is 0 Å². The maximum Gasteiger partial charge on any atom is 0.404 e. The number of benzene rings is 2. The van der Waals surface area contributed by atoms with Gasteiger partial charge in [0.2, 0.25) is 5.91 Å². The Bertz CT molecular complexity index is 844. The lowest BCUT2D eigenvalue weighted by Crippen LogP contribution is -2.49. The lowest BCUT2D eigenvalue weighted by Gasteiger charge is -2.30. The van der Waals surface area contributed by atoms with Crippen LogP contribution in [0.3, 0.4) is 0 Å². The number of anilines is 1. The molecule has 0 aromatic heterocycles. The van der Waals surface area contributed by atoms with Crippen LogP contribution < -0.4 is 5.32 Å². The van der Waals surface area contributed by atoms with Crippen molar-refractivity contribution >= 4 is 11.6 Å². The molecule has 1 saturated heterocycles. The second-order valence-electron chi connectivity index (χ2n) is 6.67. The number of carbonyl (C=O) groups is 1. The Kier molecular flexibility index (Phi) is 5.19. The molecule has 0 bridgehead atoms. The highest BCUT2D eigenvalue weighted by molar-refractivity contribution is 5.96. The SMILES string of the molecule is N#Cc1ccc(NC(=O)[C@@]2(C(F)(F)F)CCN(Cc3ccccc3)C2)cc1. The molecule has 4 nitrogen and oxygen atoms in total. The summed E-state index contributed by atoms with van der Waals surface area (Å²) in [5, 5.41) is 11.2. The Balaban J connectivity index is 1.77. The van der Waals surface area contributed by atoms with E-state index in [0.29, 0.717) is 12.1 Å². The molecule has 0 unspecified atom stereocenters. The number of hydrogen-bond acceptors (Lipinski definition) is 3. The van der Waals surface area contributed by atoms with E-state index in [0.717, 1.165) is 5.56 Å². The third-order valence-electron chi connectivity index (χ3n) is 4.85. The van der Waals surface area contributed by atoms with Crippen molar-refractivity contribution in [2.24, 2.45) is 5.41 Å². The van der Waals surface area contributed by atoms with Crippen molar-refractivity contribution in [1.29, 1.82) is 5.26 Å². The fraction of sp³-hybridized carbons (Fsp3) is 0.300. The van der Waals surface area contributed by atoms with Crippen LogP contribution in [0.4, 0.5) is 18.9 Å². The summed E-state index contributed by atoms with van der Waals surface area (Å²) >= 11 is 0. The maximum atomic E-state index is 13.9. The molecule has 7 heteroatoms. The molecule has 0 radical (unpaired) electrons. The minimum atomic E-state index is -4.66. The Morgan fingerprint density at radius 1 is 1.15 bits per heavy atom. The second kappa shape index (κ2) is 7.41. The number of nitrogens with zero attached hydrogens (tertiary/aromatic N) is 2. The molecule has 1 aliphatic heterocycles. The average molecular weight is 373 g/mol. The number of carbonyl (C=O) groups excluding carboxylic acids is 1. The molecular weight excluding hydrogens is 355 g/mol. The van der Waals surface area contributed by atoms with Gasteiger partial charge in [0.25, 0.3) is 0 Å². The minimum absolute atomic E-state index is 0.190. The summed E-state index contributed by atoms with van der Waals surface area (Å²) in [6.07, 6.45) is -4.94. The number of nitrogens with one attached hydrogen (secondary N) is 1. The van der Waals surface area contributed by atoms with Gasteiger partial charge in [0.1, 0.15) is 0 Å². The van der Waals surface area contributed by atoms with E-state index in [1.807, 2.05) is 36.4 Å². The van der Waals surface area contributed by atoms with Gasteiger partial charge in [-0.1, -0.05) is 30.3 Å². The first-order valence-corrected chi connectivity index (χ1v) is 8.49. The van der Waals surface area contributed by atoms with Gasteiger partial charge in [-0.3, -0.25) is 9.69 Å². The zero-order valence-corrected chi connectivity index (χ0v) is 14.5. The van der Waals surface area contributed by atoms with E-state index in [9.17, 15) is 18.0 Å². The van der Waals surface area contributed by atoms with Crippen LogP contribution in [-0.2, 0) is 11.3 Å². The molecule has 1 heterocycles. The second-order valence-corrected chi connectivity index (χ2v) is 6.67.